The number of fused-ring (bicyclic) bond motifs is 1. The van der Waals surface area contributed by atoms with Crippen LogP contribution in [-0.2, 0) is 4.79 Å². The van der Waals surface area contributed by atoms with Crippen molar-refractivity contribution in [3.63, 3.8) is 0 Å². The highest BCUT2D eigenvalue weighted by atomic mass is 16.1. The van der Waals surface area contributed by atoms with E-state index in [2.05, 4.69) is 13.8 Å². The maximum absolute atomic E-state index is 11.4. The standard InChI is InChI=1S/C12H18O/c1-9-5-3-4-6-12(2)8-10(13)7-11(9)12/h7,9H,3-6,8H2,1-2H3/t9-,12-/m1/s1. The van der Waals surface area contributed by atoms with Crippen LogP contribution in [0.15, 0.2) is 11.6 Å². The first-order chi connectivity index (χ1) is 6.12. The van der Waals surface area contributed by atoms with Gasteiger partial charge in [-0.3, -0.25) is 4.79 Å². The second-order valence-corrected chi connectivity index (χ2v) is 4.95. The van der Waals surface area contributed by atoms with Gasteiger partial charge in [-0.15, -0.1) is 0 Å². The second kappa shape index (κ2) is 2.97. The average Bonchev–Trinajstić information content (AvgIpc) is 2.29. The molecule has 1 fully saturated rings. The Bertz CT molecular complexity index is 264. The molecular formula is C12H18O. The van der Waals surface area contributed by atoms with Gasteiger partial charge in [0.15, 0.2) is 5.78 Å². The lowest BCUT2D eigenvalue weighted by molar-refractivity contribution is -0.115. The summed E-state index contributed by atoms with van der Waals surface area (Å²) >= 11 is 0. The molecule has 0 aromatic rings. The van der Waals surface area contributed by atoms with Gasteiger partial charge in [-0.2, -0.15) is 0 Å². The lowest BCUT2D eigenvalue weighted by Gasteiger charge is -2.27. The van der Waals surface area contributed by atoms with Crippen molar-refractivity contribution in [2.75, 3.05) is 0 Å². The number of allylic oxidation sites excluding steroid dienone is 2. The first-order valence-corrected chi connectivity index (χ1v) is 5.37. The summed E-state index contributed by atoms with van der Waals surface area (Å²) in [5.41, 5.74) is 1.67. The topological polar surface area (TPSA) is 17.1 Å². The van der Waals surface area contributed by atoms with E-state index in [4.69, 9.17) is 0 Å². The van der Waals surface area contributed by atoms with Gasteiger partial charge in [0.2, 0.25) is 0 Å². The number of carbonyl (C=O) groups is 1. The molecule has 2 atom stereocenters. The minimum atomic E-state index is 0.229. The molecule has 0 radical (unpaired) electrons. The van der Waals surface area contributed by atoms with Gasteiger partial charge >= 0.3 is 0 Å². The molecule has 72 valence electrons. The molecule has 0 aromatic heterocycles. The van der Waals surface area contributed by atoms with Crippen LogP contribution < -0.4 is 0 Å². The number of hydrogen-bond donors (Lipinski definition) is 0. The molecule has 0 aliphatic heterocycles. The molecule has 1 nitrogen and oxygen atoms in total. The van der Waals surface area contributed by atoms with Gasteiger partial charge in [0, 0.05) is 6.42 Å². The highest BCUT2D eigenvalue weighted by molar-refractivity contribution is 5.94. The van der Waals surface area contributed by atoms with Gasteiger partial charge < -0.3 is 0 Å². The SMILES string of the molecule is C[C@@H]1CCCC[C@]2(C)CC(=O)C=C12. The fraction of sp³-hybridized carbons (Fsp3) is 0.750. The Labute approximate surface area is 80.2 Å². The van der Waals surface area contributed by atoms with Crippen LogP contribution in [0.1, 0.15) is 46.0 Å². The van der Waals surface area contributed by atoms with Crippen LogP contribution >= 0.6 is 0 Å². The lowest BCUT2D eigenvalue weighted by atomic mass is 9.76. The van der Waals surface area contributed by atoms with E-state index in [1.807, 2.05) is 6.08 Å². The number of ketones is 1. The molecule has 2 aliphatic rings. The summed E-state index contributed by atoms with van der Waals surface area (Å²) in [6.07, 6.45) is 7.82. The second-order valence-electron chi connectivity index (χ2n) is 4.95. The largest absolute Gasteiger partial charge is 0.295 e. The van der Waals surface area contributed by atoms with Crippen molar-refractivity contribution < 1.29 is 4.79 Å². The van der Waals surface area contributed by atoms with Crippen molar-refractivity contribution >= 4 is 5.78 Å². The van der Waals surface area contributed by atoms with E-state index < -0.39 is 0 Å². The van der Waals surface area contributed by atoms with Gasteiger partial charge in [0.25, 0.3) is 0 Å². The molecule has 2 rings (SSSR count). The molecule has 0 aromatic carbocycles. The van der Waals surface area contributed by atoms with Gasteiger partial charge in [-0.1, -0.05) is 32.3 Å². The number of hydrogen-bond acceptors (Lipinski definition) is 1. The van der Waals surface area contributed by atoms with E-state index in [9.17, 15) is 4.79 Å². The molecule has 13 heavy (non-hydrogen) atoms. The fourth-order valence-electron chi connectivity index (χ4n) is 2.98. The minimum Gasteiger partial charge on any atom is -0.295 e. The Morgan fingerprint density at radius 3 is 3.00 bits per heavy atom. The van der Waals surface area contributed by atoms with E-state index in [0.29, 0.717) is 11.7 Å². The molecular weight excluding hydrogens is 160 g/mol. The molecule has 0 saturated heterocycles. The zero-order valence-corrected chi connectivity index (χ0v) is 8.60. The first kappa shape index (κ1) is 8.98. The Morgan fingerprint density at radius 2 is 2.23 bits per heavy atom. The van der Waals surface area contributed by atoms with Crippen molar-refractivity contribution in [2.45, 2.75) is 46.0 Å². The van der Waals surface area contributed by atoms with Crippen molar-refractivity contribution in [1.82, 2.24) is 0 Å². The molecule has 2 aliphatic carbocycles. The monoisotopic (exact) mass is 178 g/mol. The van der Waals surface area contributed by atoms with E-state index in [-0.39, 0.29) is 5.41 Å². The van der Waals surface area contributed by atoms with Crippen LogP contribution in [-0.4, -0.2) is 5.78 Å². The van der Waals surface area contributed by atoms with E-state index in [1.54, 1.807) is 0 Å². The van der Waals surface area contributed by atoms with Gasteiger partial charge in [0.1, 0.15) is 0 Å². The summed E-state index contributed by atoms with van der Waals surface area (Å²) < 4.78 is 0. The Hall–Kier alpha value is -0.590. The zero-order valence-electron chi connectivity index (χ0n) is 8.60. The van der Waals surface area contributed by atoms with Gasteiger partial charge in [0.05, 0.1) is 0 Å². The first-order valence-electron chi connectivity index (χ1n) is 5.37. The Morgan fingerprint density at radius 1 is 1.46 bits per heavy atom. The summed E-state index contributed by atoms with van der Waals surface area (Å²) in [6, 6.07) is 0. The van der Waals surface area contributed by atoms with Crippen LogP contribution in [0.2, 0.25) is 0 Å². The molecule has 0 spiro atoms. The van der Waals surface area contributed by atoms with Gasteiger partial charge in [-0.25, -0.2) is 0 Å². The summed E-state index contributed by atoms with van der Waals surface area (Å²) in [5, 5.41) is 0. The predicted molar refractivity (Wildman–Crippen MR) is 53.4 cm³/mol. The summed E-state index contributed by atoms with van der Waals surface area (Å²) in [6.45, 7) is 4.54. The van der Waals surface area contributed by atoms with Crippen molar-refractivity contribution in [1.29, 1.82) is 0 Å². The third-order valence-electron chi connectivity index (χ3n) is 3.72. The van der Waals surface area contributed by atoms with E-state index in [1.165, 1.54) is 31.3 Å². The Balaban J connectivity index is 2.33. The summed E-state index contributed by atoms with van der Waals surface area (Å²) in [4.78, 5) is 11.4. The maximum atomic E-state index is 11.4. The fourth-order valence-corrected chi connectivity index (χ4v) is 2.98. The smallest absolute Gasteiger partial charge is 0.156 e. The van der Waals surface area contributed by atoms with Gasteiger partial charge in [-0.05, 0) is 30.3 Å². The summed E-state index contributed by atoms with van der Waals surface area (Å²) in [7, 11) is 0. The van der Waals surface area contributed by atoms with Crippen molar-refractivity contribution in [2.24, 2.45) is 11.3 Å². The normalized spacial score (nSPS) is 39.7. The lowest BCUT2D eigenvalue weighted by Crippen LogP contribution is -2.18. The molecule has 0 heterocycles. The van der Waals surface area contributed by atoms with Crippen LogP contribution in [0.5, 0.6) is 0 Å². The predicted octanol–water partition coefficient (Wildman–Crippen LogP) is 3.10. The van der Waals surface area contributed by atoms with Crippen molar-refractivity contribution in [3.05, 3.63) is 11.6 Å². The molecule has 0 N–H and O–H groups in total. The maximum Gasteiger partial charge on any atom is 0.156 e. The van der Waals surface area contributed by atoms with E-state index in [0.717, 1.165) is 6.42 Å². The van der Waals surface area contributed by atoms with Crippen LogP contribution in [0.25, 0.3) is 0 Å². The Kier molecular flexibility index (Phi) is 2.05. The van der Waals surface area contributed by atoms with Crippen molar-refractivity contribution in [3.8, 4) is 0 Å². The number of carbonyl (C=O) groups excluding carboxylic acids is 1. The van der Waals surface area contributed by atoms with Crippen LogP contribution in [0.3, 0.4) is 0 Å². The highest BCUT2D eigenvalue weighted by Crippen LogP contribution is 2.48. The third-order valence-corrected chi connectivity index (χ3v) is 3.72. The summed E-state index contributed by atoms with van der Waals surface area (Å²) in [5.74, 6) is 0.991. The highest BCUT2D eigenvalue weighted by Gasteiger charge is 2.39. The molecule has 0 bridgehead atoms. The third kappa shape index (κ3) is 1.45. The van der Waals surface area contributed by atoms with Crippen LogP contribution in [0.4, 0.5) is 0 Å². The zero-order chi connectivity index (χ0) is 9.47. The average molecular weight is 178 g/mol. The molecule has 0 unspecified atom stereocenters. The molecule has 1 heteroatoms. The number of rotatable bonds is 0. The minimum absolute atomic E-state index is 0.229. The molecule has 0 amide bonds. The van der Waals surface area contributed by atoms with Crippen LogP contribution in [0, 0.1) is 11.3 Å². The quantitative estimate of drug-likeness (QED) is 0.557. The molecule has 1 saturated carbocycles. The van der Waals surface area contributed by atoms with E-state index >= 15 is 0 Å².